The first kappa shape index (κ1) is 15.0. The maximum atomic E-state index is 11.6. The normalized spacial score (nSPS) is 9.95. The van der Waals surface area contributed by atoms with Gasteiger partial charge in [-0.2, -0.15) is 0 Å². The molecule has 0 aromatic heterocycles. The van der Waals surface area contributed by atoms with Crippen LogP contribution in [0.2, 0.25) is 0 Å². The maximum Gasteiger partial charge on any atom is 0.255 e. The van der Waals surface area contributed by atoms with E-state index in [2.05, 4.69) is 5.32 Å². The first-order valence-electron chi connectivity index (χ1n) is 6.03. The molecule has 19 heavy (non-hydrogen) atoms. The first-order chi connectivity index (χ1) is 9.11. The van der Waals surface area contributed by atoms with Crippen LogP contribution in [0.1, 0.15) is 19.3 Å². The number of rotatable bonds is 8. The lowest BCUT2D eigenvalue weighted by molar-refractivity contribution is -0.120. The van der Waals surface area contributed by atoms with E-state index in [0.29, 0.717) is 30.7 Å². The first-order valence-corrected chi connectivity index (χ1v) is 6.03. The Morgan fingerprint density at radius 2 is 2.11 bits per heavy atom. The molecule has 6 nitrogen and oxygen atoms in total. The molecule has 0 saturated carbocycles. The Bertz CT molecular complexity index is 434. The van der Waals surface area contributed by atoms with E-state index in [0.717, 1.165) is 0 Å². The van der Waals surface area contributed by atoms with Gasteiger partial charge in [-0.05, 0) is 25.0 Å². The number of hydrogen-bond acceptors (Lipinski definition) is 4. The van der Waals surface area contributed by atoms with Gasteiger partial charge in [-0.15, -0.1) is 0 Å². The van der Waals surface area contributed by atoms with E-state index in [1.165, 1.54) is 0 Å². The molecule has 0 spiro atoms. The van der Waals surface area contributed by atoms with Crippen LogP contribution in [0.25, 0.3) is 0 Å². The minimum Gasteiger partial charge on any atom is -0.484 e. The van der Waals surface area contributed by atoms with Crippen molar-refractivity contribution in [1.82, 2.24) is 0 Å². The van der Waals surface area contributed by atoms with Gasteiger partial charge >= 0.3 is 0 Å². The Balaban J connectivity index is 2.47. The smallest absolute Gasteiger partial charge is 0.255 e. The molecular weight excluding hydrogens is 248 g/mol. The fourth-order valence-corrected chi connectivity index (χ4v) is 1.44. The number of hydrogen-bond donors (Lipinski definition) is 3. The van der Waals surface area contributed by atoms with Crippen LogP contribution in [0, 0.1) is 0 Å². The Labute approximate surface area is 111 Å². The second-order valence-electron chi connectivity index (χ2n) is 4.01. The molecule has 1 rings (SSSR count). The molecule has 2 amide bonds. The Hall–Kier alpha value is -2.08. The summed E-state index contributed by atoms with van der Waals surface area (Å²) in [6, 6.07) is 6.72. The van der Waals surface area contributed by atoms with Crippen molar-refractivity contribution in [3.8, 4) is 5.75 Å². The minimum absolute atomic E-state index is 0.0870. The molecule has 0 aliphatic rings. The third-order valence-electron chi connectivity index (χ3n) is 2.31. The molecule has 0 bridgehead atoms. The lowest BCUT2D eigenvalue weighted by Crippen LogP contribution is -2.20. The minimum atomic E-state index is -0.557. The number of aliphatic hydroxyl groups excluding tert-OH is 1. The summed E-state index contributed by atoms with van der Waals surface area (Å²) < 4.78 is 5.13. The Morgan fingerprint density at radius 1 is 1.32 bits per heavy atom. The standard InChI is InChI=1S/C13H18N2O4/c14-12(17)9-19-11-5-3-4-10(8-11)15-13(18)6-1-2-7-16/h3-5,8,16H,1-2,6-7,9H2,(H2,14,17)(H,15,18). The summed E-state index contributed by atoms with van der Waals surface area (Å²) in [6.45, 7) is -0.113. The largest absolute Gasteiger partial charge is 0.484 e. The number of unbranched alkanes of at least 4 members (excludes halogenated alkanes) is 1. The van der Waals surface area contributed by atoms with Gasteiger partial charge in [0.25, 0.3) is 5.91 Å². The van der Waals surface area contributed by atoms with E-state index in [9.17, 15) is 9.59 Å². The van der Waals surface area contributed by atoms with Crippen molar-refractivity contribution in [1.29, 1.82) is 0 Å². The molecule has 0 fully saturated rings. The third-order valence-corrected chi connectivity index (χ3v) is 2.31. The summed E-state index contributed by atoms with van der Waals surface area (Å²) in [7, 11) is 0. The second kappa shape index (κ2) is 8.10. The van der Waals surface area contributed by atoms with Crippen molar-refractivity contribution in [2.24, 2.45) is 5.73 Å². The van der Waals surface area contributed by atoms with Crippen LogP contribution < -0.4 is 15.8 Å². The number of carbonyl (C=O) groups is 2. The molecule has 0 atom stereocenters. The Morgan fingerprint density at radius 3 is 2.79 bits per heavy atom. The van der Waals surface area contributed by atoms with Crippen LogP contribution in [0.3, 0.4) is 0 Å². The topological polar surface area (TPSA) is 102 Å². The number of amides is 2. The molecule has 0 aliphatic carbocycles. The van der Waals surface area contributed by atoms with Crippen molar-refractivity contribution in [3.63, 3.8) is 0 Å². The fraction of sp³-hybridized carbons (Fsp3) is 0.385. The van der Waals surface area contributed by atoms with Gasteiger partial charge in [-0.3, -0.25) is 9.59 Å². The molecule has 104 valence electrons. The van der Waals surface area contributed by atoms with Crippen molar-refractivity contribution in [3.05, 3.63) is 24.3 Å². The van der Waals surface area contributed by atoms with Crippen LogP contribution in [-0.4, -0.2) is 30.1 Å². The molecule has 1 aromatic carbocycles. The predicted molar refractivity (Wildman–Crippen MR) is 70.7 cm³/mol. The zero-order chi connectivity index (χ0) is 14.1. The van der Waals surface area contributed by atoms with Gasteiger partial charge in [-0.1, -0.05) is 6.07 Å². The van der Waals surface area contributed by atoms with Crippen molar-refractivity contribution < 1.29 is 19.4 Å². The highest BCUT2D eigenvalue weighted by Gasteiger charge is 2.04. The van der Waals surface area contributed by atoms with Crippen LogP contribution in [-0.2, 0) is 9.59 Å². The van der Waals surface area contributed by atoms with E-state index in [1.807, 2.05) is 0 Å². The van der Waals surface area contributed by atoms with Gasteiger partial charge in [0, 0.05) is 24.8 Å². The van der Waals surface area contributed by atoms with E-state index < -0.39 is 5.91 Å². The lowest BCUT2D eigenvalue weighted by Gasteiger charge is -2.08. The second-order valence-corrected chi connectivity index (χ2v) is 4.01. The summed E-state index contributed by atoms with van der Waals surface area (Å²) in [5.74, 6) is -0.217. The molecule has 0 heterocycles. The Kier molecular flexibility index (Phi) is 6.38. The molecule has 0 aliphatic heterocycles. The molecule has 0 radical (unpaired) electrons. The summed E-state index contributed by atoms with van der Waals surface area (Å²) >= 11 is 0. The summed E-state index contributed by atoms with van der Waals surface area (Å²) in [5, 5.41) is 11.3. The molecule has 0 unspecified atom stereocenters. The third kappa shape index (κ3) is 6.42. The number of nitrogens with one attached hydrogen (secondary N) is 1. The maximum absolute atomic E-state index is 11.6. The number of carbonyl (C=O) groups excluding carboxylic acids is 2. The molecule has 0 saturated heterocycles. The highest BCUT2D eigenvalue weighted by Crippen LogP contribution is 2.17. The van der Waals surface area contributed by atoms with Gasteiger partial charge in [0.05, 0.1) is 0 Å². The van der Waals surface area contributed by atoms with E-state index in [4.69, 9.17) is 15.6 Å². The number of benzene rings is 1. The zero-order valence-corrected chi connectivity index (χ0v) is 10.6. The van der Waals surface area contributed by atoms with Crippen LogP contribution in [0.15, 0.2) is 24.3 Å². The summed E-state index contributed by atoms with van der Waals surface area (Å²) in [5.41, 5.74) is 5.57. The molecular formula is C13H18N2O4. The van der Waals surface area contributed by atoms with E-state index >= 15 is 0 Å². The van der Waals surface area contributed by atoms with Gasteiger partial charge in [-0.25, -0.2) is 0 Å². The highest BCUT2D eigenvalue weighted by atomic mass is 16.5. The van der Waals surface area contributed by atoms with Gasteiger partial charge in [0.1, 0.15) is 5.75 Å². The van der Waals surface area contributed by atoms with Crippen molar-refractivity contribution >= 4 is 17.5 Å². The number of nitrogens with two attached hydrogens (primary N) is 1. The van der Waals surface area contributed by atoms with Crippen LogP contribution in [0.4, 0.5) is 5.69 Å². The average Bonchev–Trinajstić information content (AvgIpc) is 2.37. The van der Waals surface area contributed by atoms with Gasteiger partial charge < -0.3 is 20.9 Å². The number of primary amides is 1. The SMILES string of the molecule is NC(=O)COc1cccc(NC(=O)CCCCO)c1. The van der Waals surface area contributed by atoms with E-state index in [-0.39, 0.29) is 19.1 Å². The highest BCUT2D eigenvalue weighted by molar-refractivity contribution is 5.90. The number of aliphatic hydroxyl groups is 1. The number of ether oxygens (including phenoxy) is 1. The lowest BCUT2D eigenvalue weighted by atomic mass is 10.2. The zero-order valence-electron chi connectivity index (χ0n) is 10.6. The fourth-order valence-electron chi connectivity index (χ4n) is 1.44. The van der Waals surface area contributed by atoms with Crippen molar-refractivity contribution in [2.45, 2.75) is 19.3 Å². The number of anilines is 1. The molecule has 4 N–H and O–H groups in total. The van der Waals surface area contributed by atoms with Crippen LogP contribution >= 0.6 is 0 Å². The average molecular weight is 266 g/mol. The van der Waals surface area contributed by atoms with Crippen molar-refractivity contribution in [2.75, 3.05) is 18.5 Å². The monoisotopic (exact) mass is 266 g/mol. The van der Waals surface area contributed by atoms with Gasteiger partial charge in [0.2, 0.25) is 5.91 Å². The summed E-state index contributed by atoms with van der Waals surface area (Å²) in [6.07, 6.45) is 1.60. The van der Waals surface area contributed by atoms with E-state index in [1.54, 1.807) is 24.3 Å². The van der Waals surface area contributed by atoms with Crippen LogP contribution in [0.5, 0.6) is 5.75 Å². The summed E-state index contributed by atoms with van der Waals surface area (Å²) in [4.78, 5) is 22.1. The predicted octanol–water partition coefficient (Wildman–Crippen LogP) is 0.652. The molecule has 1 aromatic rings. The molecule has 6 heteroatoms. The quantitative estimate of drug-likeness (QED) is 0.601. The van der Waals surface area contributed by atoms with Gasteiger partial charge in [0.15, 0.2) is 6.61 Å².